The van der Waals surface area contributed by atoms with Crippen LogP contribution in [0.15, 0.2) is 23.7 Å². The molecule has 10 heavy (non-hydrogen) atoms. The lowest BCUT2D eigenvalue weighted by molar-refractivity contribution is 0.0512. The lowest BCUT2D eigenvalue weighted by atomic mass is 10.2. The van der Waals surface area contributed by atoms with Crippen LogP contribution in [0.25, 0.3) is 0 Å². The van der Waals surface area contributed by atoms with Gasteiger partial charge in [-0.3, -0.25) is 0 Å². The number of aliphatic hydroxyl groups excluding tert-OH is 2. The summed E-state index contributed by atoms with van der Waals surface area (Å²) in [5.74, 6) is 0.782. The standard InChI is InChI=1S/C7H10O3/c1-5-2-3-6(9)7(4-8)10-5/h2-3,7-9H,4H2,1H3. The molecule has 0 fully saturated rings. The molecule has 0 spiro atoms. The Labute approximate surface area is 59.2 Å². The van der Waals surface area contributed by atoms with Crippen molar-refractivity contribution < 1.29 is 14.9 Å². The molecule has 0 aromatic carbocycles. The smallest absolute Gasteiger partial charge is 0.177 e. The third-order valence-corrected chi connectivity index (χ3v) is 1.31. The second-order valence-corrected chi connectivity index (χ2v) is 2.16. The van der Waals surface area contributed by atoms with Crippen LogP contribution < -0.4 is 0 Å². The molecule has 1 heterocycles. The third-order valence-electron chi connectivity index (χ3n) is 1.31. The van der Waals surface area contributed by atoms with E-state index in [0.29, 0.717) is 5.76 Å². The average molecular weight is 142 g/mol. The Hall–Kier alpha value is -0.960. The highest BCUT2D eigenvalue weighted by atomic mass is 16.5. The lowest BCUT2D eigenvalue weighted by Gasteiger charge is -2.19. The van der Waals surface area contributed by atoms with E-state index < -0.39 is 6.10 Å². The van der Waals surface area contributed by atoms with Crippen molar-refractivity contribution in [2.24, 2.45) is 0 Å². The molecule has 1 aliphatic rings. The van der Waals surface area contributed by atoms with E-state index in [0.717, 1.165) is 0 Å². The van der Waals surface area contributed by atoms with Crippen LogP contribution in [0, 0.1) is 0 Å². The molecule has 3 heteroatoms. The van der Waals surface area contributed by atoms with E-state index in [1.807, 2.05) is 0 Å². The number of hydrogen-bond donors (Lipinski definition) is 2. The second kappa shape index (κ2) is 2.75. The Morgan fingerprint density at radius 2 is 2.30 bits per heavy atom. The molecule has 0 bridgehead atoms. The first-order valence-electron chi connectivity index (χ1n) is 3.09. The maximum Gasteiger partial charge on any atom is 0.177 e. The summed E-state index contributed by atoms with van der Waals surface area (Å²) in [4.78, 5) is 0. The predicted octanol–water partition coefficient (Wildman–Crippen LogP) is 0.723. The Kier molecular flexibility index (Phi) is 1.97. The van der Waals surface area contributed by atoms with Crippen LogP contribution in [-0.4, -0.2) is 22.9 Å². The monoisotopic (exact) mass is 142 g/mol. The predicted molar refractivity (Wildman–Crippen MR) is 36.4 cm³/mol. The first-order valence-corrected chi connectivity index (χ1v) is 3.09. The van der Waals surface area contributed by atoms with Crippen LogP contribution in [0.5, 0.6) is 0 Å². The molecule has 56 valence electrons. The largest absolute Gasteiger partial charge is 0.508 e. The number of ether oxygens (including phenoxy) is 1. The molecule has 0 saturated heterocycles. The van der Waals surface area contributed by atoms with Crippen LogP contribution in [0.2, 0.25) is 0 Å². The maximum absolute atomic E-state index is 9.02. The fraction of sp³-hybridized carbons (Fsp3) is 0.429. The topological polar surface area (TPSA) is 49.7 Å². The van der Waals surface area contributed by atoms with E-state index in [1.165, 1.54) is 6.08 Å². The number of hydrogen-bond acceptors (Lipinski definition) is 3. The fourth-order valence-corrected chi connectivity index (χ4v) is 0.765. The van der Waals surface area contributed by atoms with Crippen molar-refractivity contribution in [2.45, 2.75) is 13.0 Å². The van der Waals surface area contributed by atoms with Crippen molar-refractivity contribution in [1.29, 1.82) is 0 Å². The quantitative estimate of drug-likeness (QED) is 0.567. The summed E-state index contributed by atoms with van der Waals surface area (Å²) in [5.41, 5.74) is 0. The summed E-state index contributed by atoms with van der Waals surface area (Å²) in [6, 6.07) is 0. The first-order chi connectivity index (χ1) is 4.74. The molecule has 2 N–H and O–H groups in total. The van der Waals surface area contributed by atoms with Gasteiger partial charge in [0.2, 0.25) is 0 Å². The van der Waals surface area contributed by atoms with Gasteiger partial charge in [-0.25, -0.2) is 0 Å². The molecular weight excluding hydrogens is 132 g/mol. The Balaban J connectivity index is 2.68. The molecule has 0 radical (unpaired) electrons. The second-order valence-electron chi connectivity index (χ2n) is 2.16. The molecule has 3 nitrogen and oxygen atoms in total. The van der Waals surface area contributed by atoms with E-state index in [9.17, 15) is 0 Å². The zero-order valence-corrected chi connectivity index (χ0v) is 5.74. The zero-order valence-electron chi connectivity index (χ0n) is 5.74. The molecular formula is C7H10O3. The molecule has 0 aromatic heterocycles. The minimum Gasteiger partial charge on any atom is -0.508 e. The van der Waals surface area contributed by atoms with Crippen molar-refractivity contribution in [3.8, 4) is 0 Å². The highest BCUT2D eigenvalue weighted by molar-refractivity contribution is 5.17. The Bertz CT molecular complexity index is 181. The summed E-state index contributed by atoms with van der Waals surface area (Å²) < 4.78 is 5.04. The van der Waals surface area contributed by atoms with Gasteiger partial charge in [-0.2, -0.15) is 0 Å². The van der Waals surface area contributed by atoms with E-state index in [2.05, 4.69) is 0 Å². The van der Waals surface area contributed by atoms with Gasteiger partial charge in [0.15, 0.2) is 6.10 Å². The Morgan fingerprint density at radius 3 is 2.80 bits per heavy atom. The molecule has 1 rings (SSSR count). The van der Waals surface area contributed by atoms with Gasteiger partial charge < -0.3 is 14.9 Å². The van der Waals surface area contributed by atoms with Crippen LogP contribution in [0.4, 0.5) is 0 Å². The Morgan fingerprint density at radius 1 is 1.60 bits per heavy atom. The minimum absolute atomic E-state index is 0.0769. The summed E-state index contributed by atoms with van der Waals surface area (Å²) >= 11 is 0. The molecule has 0 aromatic rings. The fourth-order valence-electron chi connectivity index (χ4n) is 0.765. The van der Waals surface area contributed by atoms with Crippen LogP contribution in [-0.2, 0) is 4.74 Å². The lowest BCUT2D eigenvalue weighted by Crippen LogP contribution is -2.21. The van der Waals surface area contributed by atoms with Gasteiger partial charge in [-0.05, 0) is 19.1 Å². The first kappa shape index (κ1) is 7.15. The molecule has 1 aliphatic heterocycles. The van der Waals surface area contributed by atoms with Gasteiger partial charge in [0.25, 0.3) is 0 Å². The highest BCUT2D eigenvalue weighted by Gasteiger charge is 2.16. The summed E-state index contributed by atoms with van der Waals surface area (Å²) in [6.45, 7) is 1.58. The molecule has 0 aliphatic carbocycles. The zero-order chi connectivity index (χ0) is 7.56. The highest BCUT2D eigenvalue weighted by Crippen LogP contribution is 2.14. The van der Waals surface area contributed by atoms with Gasteiger partial charge in [0.05, 0.1) is 12.4 Å². The van der Waals surface area contributed by atoms with Gasteiger partial charge in [0.1, 0.15) is 5.76 Å². The van der Waals surface area contributed by atoms with Crippen molar-refractivity contribution in [3.05, 3.63) is 23.7 Å². The van der Waals surface area contributed by atoms with Crippen LogP contribution in [0.3, 0.4) is 0 Å². The SMILES string of the molecule is CC1=CC=C(O)C(CO)O1. The van der Waals surface area contributed by atoms with Crippen molar-refractivity contribution in [1.82, 2.24) is 0 Å². The summed E-state index contributed by atoms with van der Waals surface area (Å²) in [6.07, 6.45) is 2.62. The van der Waals surface area contributed by atoms with E-state index >= 15 is 0 Å². The molecule has 1 unspecified atom stereocenters. The van der Waals surface area contributed by atoms with E-state index in [4.69, 9.17) is 14.9 Å². The van der Waals surface area contributed by atoms with Gasteiger partial charge in [0, 0.05) is 0 Å². The van der Waals surface area contributed by atoms with E-state index in [-0.39, 0.29) is 12.4 Å². The summed E-state index contributed by atoms with van der Waals surface area (Å²) in [5, 5.41) is 17.6. The molecule has 0 amide bonds. The van der Waals surface area contributed by atoms with Gasteiger partial charge in [-0.1, -0.05) is 0 Å². The number of rotatable bonds is 1. The van der Waals surface area contributed by atoms with Gasteiger partial charge >= 0.3 is 0 Å². The minimum atomic E-state index is -0.565. The maximum atomic E-state index is 9.02. The normalized spacial score (nSPS) is 24.8. The summed E-state index contributed by atoms with van der Waals surface area (Å²) in [7, 11) is 0. The van der Waals surface area contributed by atoms with Crippen LogP contribution >= 0.6 is 0 Å². The molecule has 0 saturated carbocycles. The van der Waals surface area contributed by atoms with E-state index in [1.54, 1.807) is 13.0 Å². The average Bonchev–Trinajstić information content (AvgIpc) is 1.94. The van der Waals surface area contributed by atoms with Crippen molar-refractivity contribution >= 4 is 0 Å². The van der Waals surface area contributed by atoms with Gasteiger partial charge in [-0.15, -0.1) is 0 Å². The number of allylic oxidation sites excluding steroid dienone is 3. The third kappa shape index (κ3) is 1.30. The van der Waals surface area contributed by atoms with Crippen LogP contribution in [0.1, 0.15) is 6.92 Å². The molecule has 1 atom stereocenters. The van der Waals surface area contributed by atoms with Crippen molar-refractivity contribution in [2.75, 3.05) is 6.61 Å². The number of aliphatic hydroxyl groups is 2. The van der Waals surface area contributed by atoms with Crippen molar-refractivity contribution in [3.63, 3.8) is 0 Å².